The van der Waals surface area contributed by atoms with Crippen LogP contribution in [0.2, 0.25) is 0 Å². The molecular formula is C22H34. The van der Waals surface area contributed by atoms with Crippen molar-refractivity contribution in [3.8, 4) is 0 Å². The summed E-state index contributed by atoms with van der Waals surface area (Å²) < 4.78 is 0. The molecule has 0 aliphatic rings. The van der Waals surface area contributed by atoms with E-state index in [9.17, 15) is 0 Å². The smallest absolute Gasteiger partial charge is 0.0161 e. The lowest BCUT2D eigenvalue weighted by Crippen LogP contribution is -2.25. The van der Waals surface area contributed by atoms with Crippen LogP contribution in [0.4, 0.5) is 0 Å². The van der Waals surface area contributed by atoms with Gasteiger partial charge < -0.3 is 0 Å². The maximum Gasteiger partial charge on any atom is -0.0161 e. The second-order valence-corrected chi connectivity index (χ2v) is 7.73. The highest BCUT2D eigenvalue weighted by Gasteiger charge is 2.26. The van der Waals surface area contributed by atoms with Gasteiger partial charge in [0.2, 0.25) is 0 Å². The van der Waals surface area contributed by atoms with Crippen molar-refractivity contribution >= 4 is 5.57 Å². The van der Waals surface area contributed by atoms with Crippen molar-refractivity contribution in [3.05, 3.63) is 66.3 Å². The lowest BCUT2D eigenvalue weighted by molar-refractivity contribution is 0.157. The molecule has 0 spiro atoms. The zero-order chi connectivity index (χ0) is 17.4. The molecule has 122 valence electrons. The monoisotopic (exact) mass is 298 g/mol. The van der Waals surface area contributed by atoms with Gasteiger partial charge in [-0.25, -0.2) is 0 Å². The van der Waals surface area contributed by atoms with Gasteiger partial charge in [-0.1, -0.05) is 96.7 Å². The van der Waals surface area contributed by atoms with Crippen molar-refractivity contribution in [2.24, 2.45) is 10.8 Å². The van der Waals surface area contributed by atoms with Gasteiger partial charge in [0.05, 0.1) is 0 Å². The molecule has 0 saturated carbocycles. The van der Waals surface area contributed by atoms with Gasteiger partial charge in [0.25, 0.3) is 0 Å². The van der Waals surface area contributed by atoms with E-state index in [1.54, 1.807) is 0 Å². The summed E-state index contributed by atoms with van der Waals surface area (Å²) in [6, 6.07) is 8.28. The molecule has 1 aromatic carbocycles. The van der Waals surface area contributed by atoms with Crippen LogP contribution < -0.4 is 0 Å². The van der Waals surface area contributed by atoms with Crippen LogP contribution in [-0.4, -0.2) is 0 Å². The van der Waals surface area contributed by atoms with E-state index in [2.05, 4.69) is 67.2 Å². The van der Waals surface area contributed by atoms with Gasteiger partial charge in [-0.3, -0.25) is 0 Å². The minimum Gasteiger partial charge on any atom is -0.0912 e. The highest BCUT2D eigenvalue weighted by molar-refractivity contribution is 5.74. The molecule has 0 radical (unpaired) electrons. The molecule has 0 heteroatoms. The Kier molecular flexibility index (Phi) is 8.16. The molecule has 1 aromatic rings. The fourth-order valence-electron chi connectivity index (χ4n) is 1.31. The minimum atomic E-state index is 0.437. The molecular weight excluding hydrogens is 264 g/mol. The van der Waals surface area contributed by atoms with E-state index in [-0.39, 0.29) is 0 Å². The topological polar surface area (TPSA) is 0 Å². The summed E-state index contributed by atoms with van der Waals surface area (Å²) in [5, 5.41) is 0. The van der Waals surface area contributed by atoms with Crippen molar-refractivity contribution in [2.75, 3.05) is 0 Å². The number of rotatable bonds is 3. The SMILES string of the molecule is C=C(/C=C\C=C/C)c1ccccc1C.CC(C)(C)C(C)(C)C. The van der Waals surface area contributed by atoms with Gasteiger partial charge in [-0.15, -0.1) is 0 Å². The Balaban J connectivity index is 0.000000472. The molecule has 1 rings (SSSR count). The predicted molar refractivity (Wildman–Crippen MR) is 103 cm³/mol. The molecule has 0 fully saturated rings. The Labute approximate surface area is 138 Å². The normalized spacial score (nSPS) is 12.4. The highest BCUT2D eigenvalue weighted by atomic mass is 14.3. The predicted octanol–water partition coefficient (Wildman–Crippen LogP) is 7.22. The number of hydrogen-bond acceptors (Lipinski definition) is 0. The van der Waals surface area contributed by atoms with Crippen molar-refractivity contribution in [3.63, 3.8) is 0 Å². The lowest BCUT2D eigenvalue weighted by Gasteiger charge is -2.34. The summed E-state index contributed by atoms with van der Waals surface area (Å²) in [6.45, 7) is 21.8. The second kappa shape index (κ2) is 8.78. The van der Waals surface area contributed by atoms with Crippen molar-refractivity contribution in [1.29, 1.82) is 0 Å². The fraction of sp³-hybridized carbons (Fsp3) is 0.455. The van der Waals surface area contributed by atoms with Crippen molar-refractivity contribution < 1.29 is 0 Å². The Morgan fingerprint density at radius 3 is 1.82 bits per heavy atom. The average molecular weight is 299 g/mol. The molecule has 0 aromatic heterocycles. The van der Waals surface area contributed by atoms with E-state index in [1.165, 1.54) is 11.1 Å². The summed E-state index contributed by atoms with van der Waals surface area (Å²) in [7, 11) is 0. The van der Waals surface area contributed by atoms with E-state index in [0.29, 0.717) is 10.8 Å². The second-order valence-electron chi connectivity index (χ2n) is 7.73. The fourth-order valence-corrected chi connectivity index (χ4v) is 1.31. The first kappa shape index (κ1) is 20.4. The largest absolute Gasteiger partial charge is 0.0912 e. The summed E-state index contributed by atoms with van der Waals surface area (Å²) in [6.07, 6.45) is 8.04. The maximum absolute atomic E-state index is 4.04. The van der Waals surface area contributed by atoms with E-state index >= 15 is 0 Å². The van der Waals surface area contributed by atoms with Gasteiger partial charge in [-0.05, 0) is 41.4 Å². The van der Waals surface area contributed by atoms with E-state index in [0.717, 1.165) is 5.57 Å². The van der Waals surface area contributed by atoms with Gasteiger partial charge >= 0.3 is 0 Å². The molecule has 0 amide bonds. The van der Waals surface area contributed by atoms with Gasteiger partial charge in [0, 0.05) is 0 Å². The highest BCUT2D eigenvalue weighted by Crippen LogP contribution is 2.36. The minimum absolute atomic E-state index is 0.437. The molecule has 0 atom stereocenters. The van der Waals surface area contributed by atoms with Crippen molar-refractivity contribution in [2.45, 2.75) is 55.4 Å². The first-order chi connectivity index (χ1) is 10.0. The number of benzene rings is 1. The van der Waals surface area contributed by atoms with Crippen molar-refractivity contribution in [1.82, 2.24) is 0 Å². The third-order valence-corrected chi connectivity index (χ3v) is 4.34. The molecule has 0 unspecified atom stereocenters. The summed E-state index contributed by atoms with van der Waals surface area (Å²) in [4.78, 5) is 0. The standard InChI is InChI=1S/C14H16.C8H18/c1-4-5-6-9-12(2)14-11-8-7-10-13(14)3;1-7(2,3)8(4,5)6/h4-11H,2H2,1,3H3;1-6H3/b5-4-,9-6-;. The van der Waals surface area contributed by atoms with Crippen LogP contribution in [0.25, 0.3) is 5.57 Å². The van der Waals surface area contributed by atoms with Crippen LogP contribution in [0, 0.1) is 17.8 Å². The van der Waals surface area contributed by atoms with Crippen LogP contribution in [0.1, 0.15) is 59.6 Å². The zero-order valence-corrected chi connectivity index (χ0v) is 15.8. The van der Waals surface area contributed by atoms with Gasteiger partial charge in [0.1, 0.15) is 0 Å². The summed E-state index contributed by atoms with van der Waals surface area (Å²) in [5.74, 6) is 0. The lowest BCUT2D eigenvalue weighted by atomic mass is 9.71. The Morgan fingerprint density at radius 1 is 0.909 bits per heavy atom. The zero-order valence-electron chi connectivity index (χ0n) is 15.8. The Bertz CT molecular complexity index is 502. The van der Waals surface area contributed by atoms with Gasteiger partial charge in [-0.2, -0.15) is 0 Å². The maximum atomic E-state index is 4.04. The first-order valence-corrected chi connectivity index (χ1v) is 8.05. The molecule has 0 aliphatic carbocycles. The van der Waals surface area contributed by atoms with Gasteiger partial charge in [0.15, 0.2) is 0 Å². The third-order valence-electron chi connectivity index (χ3n) is 4.34. The molecule has 0 nitrogen and oxygen atoms in total. The quantitative estimate of drug-likeness (QED) is 0.517. The molecule has 0 heterocycles. The van der Waals surface area contributed by atoms with Crippen LogP contribution in [0.15, 0.2) is 55.1 Å². The number of aryl methyl sites for hydroxylation is 1. The van der Waals surface area contributed by atoms with E-state index in [1.807, 2.05) is 43.4 Å². The molecule has 0 bridgehead atoms. The van der Waals surface area contributed by atoms with Crippen LogP contribution in [0.5, 0.6) is 0 Å². The number of hydrogen-bond donors (Lipinski definition) is 0. The third kappa shape index (κ3) is 7.45. The first-order valence-electron chi connectivity index (χ1n) is 8.05. The summed E-state index contributed by atoms with van der Waals surface area (Å²) in [5.41, 5.74) is 4.41. The average Bonchev–Trinajstić information content (AvgIpc) is 2.37. The summed E-state index contributed by atoms with van der Waals surface area (Å²) >= 11 is 0. The molecule has 22 heavy (non-hydrogen) atoms. The Morgan fingerprint density at radius 2 is 1.41 bits per heavy atom. The molecule has 0 saturated heterocycles. The molecule has 0 N–H and O–H groups in total. The van der Waals surface area contributed by atoms with E-state index < -0.39 is 0 Å². The Hall–Kier alpha value is -1.56. The van der Waals surface area contributed by atoms with E-state index in [4.69, 9.17) is 0 Å². The van der Waals surface area contributed by atoms with Crippen LogP contribution in [-0.2, 0) is 0 Å². The van der Waals surface area contributed by atoms with Crippen LogP contribution in [0.3, 0.4) is 0 Å². The molecule has 0 aliphatic heterocycles. The van der Waals surface area contributed by atoms with Crippen LogP contribution >= 0.6 is 0 Å². The number of allylic oxidation sites excluding steroid dienone is 5.